The molecule has 1 amide bonds. The van der Waals surface area contributed by atoms with Gasteiger partial charge in [-0.3, -0.25) is 9.89 Å². The molecule has 0 fully saturated rings. The monoisotopic (exact) mass is 329 g/mol. The van der Waals surface area contributed by atoms with E-state index < -0.39 is 0 Å². The number of hydrogen-bond acceptors (Lipinski definition) is 4. The zero-order valence-electron chi connectivity index (χ0n) is 14.3. The Hall–Kier alpha value is -2.50. The van der Waals surface area contributed by atoms with Crippen LogP contribution in [0, 0.1) is 19.8 Å². The highest BCUT2D eigenvalue weighted by molar-refractivity contribution is 5.78. The first-order valence-electron chi connectivity index (χ1n) is 8.22. The minimum absolute atomic E-state index is 0.0179. The zero-order valence-corrected chi connectivity index (χ0v) is 14.3. The Morgan fingerprint density at radius 1 is 1.33 bits per heavy atom. The van der Waals surface area contributed by atoms with Crippen LogP contribution in [0.5, 0.6) is 11.5 Å². The summed E-state index contributed by atoms with van der Waals surface area (Å²) in [6, 6.07) is 5.74. The van der Waals surface area contributed by atoms with Crippen molar-refractivity contribution in [2.45, 2.75) is 33.7 Å². The molecular formula is C18H23N3O3. The van der Waals surface area contributed by atoms with Crippen molar-refractivity contribution >= 4 is 5.91 Å². The number of para-hydroxylation sites is 1. The quantitative estimate of drug-likeness (QED) is 0.882. The average Bonchev–Trinajstić information content (AvgIpc) is 2.91. The molecule has 1 aliphatic rings. The summed E-state index contributed by atoms with van der Waals surface area (Å²) >= 11 is 0. The smallest absolute Gasteiger partial charge is 0.223 e. The summed E-state index contributed by atoms with van der Waals surface area (Å²) in [5.74, 6) is 1.37. The summed E-state index contributed by atoms with van der Waals surface area (Å²) in [4.78, 5) is 12.4. The number of rotatable bonds is 5. The van der Waals surface area contributed by atoms with Gasteiger partial charge in [0.2, 0.25) is 5.91 Å². The zero-order chi connectivity index (χ0) is 17.1. The molecule has 0 radical (unpaired) electrons. The van der Waals surface area contributed by atoms with E-state index in [1.807, 2.05) is 39.0 Å². The number of carbonyl (C=O) groups excluding carboxylic acids is 1. The Morgan fingerprint density at radius 3 is 2.88 bits per heavy atom. The first kappa shape index (κ1) is 16.4. The van der Waals surface area contributed by atoms with Gasteiger partial charge in [0.1, 0.15) is 13.2 Å². The van der Waals surface area contributed by atoms with Crippen LogP contribution in [-0.4, -0.2) is 29.3 Å². The second kappa shape index (κ2) is 6.95. The van der Waals surface area contributed by atoms with Gasteiger partial charge < -0.3 is 14.8 Å². The number of nitrogens with one attached hydrogen (secondary N) is 2. The lowest BCUT2D eigenvalue weighted by Crippen LogP contribution is -2.30. The van der Waals surface area contributed by atoms with Gasteiger partial charge in [0, 0.05) is 23.7 Å². The highest BCUT2D eigenvalue weighted by Gasteiger charge is 2.19. The number of nitrogens with zero attached hydrogens (tertiary/aromatic N) is 1. The molecule has 1 aromatic heterocycles. The molecule has 1 aromatic carbocycles. The third kappa shape index (κ3) is 3.37. The van der Waals surface area contributed by atoms with Crippen molar-refractivity contribution in [1.29, 1.82) is 0 Å². The number of carbonyl (C=O) groups is 1. The van der Waals surface area contributed by atoms with Gasteiger partial charge in [-0.05, 0) is 31.9 Å². The first-order chi connectivity index (χ1) is 11.6. The Bertz CT molecular complexity index is 720. The largest absolute Gasteiger partial charge is 0.486 e. The molecule has 6 nitrogen and oxygen atoms in total. The second-order valence-corrected chi connectivity index (χ2v) is 6.18. The number of aromatic amines is 1. The van der Waals surface area contributed by atoms with E-state index in [-0.39, 0.29) is 11.8 Å². The fourth-order valence-corrected chi connectivity index (χ4v) is 2.90. The lowest BCUT2D eigenvalue weighted by molar-refractivity contribution is -0.124. The van der Waals surface area contributed by atoms with Crippen molar-refractivity contribution in [1.82, 2.24) is 15.5 Å². The van der Waals surface area contributed by atoms with Crippen LogP contribution >= 0.6 is 0 Å². The second-order valence-electron chi connectivity index (χ2n) is 6.18. The van der Waals surface area contributed by atoms with E-state index in [0.717, 1.165) is 34.0 Å². The molecule has 128 valence electrons. The number of fused-ring (bicyclic) bond motifs is 1. The molecule has 6 heteroatoms. The van der Waals surface area contributed by atoms with Crippen molar-refractivity contribution < 1.29 is 14.3 Å². The van der Waals surface area contributed by atoms with E-state index in [9.17, 15) is 4.79 Å². The van der Waals surface area contributed by atoms with Gasteiger partial charge in [0.05, 0.1) is 5.69 Å². The van der Waals surface area contributed by atoms with E-state index in [1.54, 1.807) is 0 Å². The number of ether oxygens (including phenoxy) is 2. The number of aromatic nitrogens is 2. The molecule has 0 saturated carbocycles. The molecule has 1 aliphatic heterocycles. The molecule has 0 aliphatic carbocycles. The lowest BCUT2D eigenvalue weighted by Gasteiger charge is -2.21. The number of amides is 1. The highest BCUT2D eigenvalue weighted by Crippen LogP contribution is 2.33. The molecule has 0 spiro atoms. The fraction of sp³-hybridized carbons (Fsp3) is 0.444. The molecule has 2 aromatic rings. The fourth-order valence-electron chi connectivity index (χ4n) is 2.90. The maximum Gasteiger partial charge on any atom is 0.223 e. The van der Waals surface area contributed by atoms with E-state index in [1.165, 1.54) is 0 Å². The molecule has 2 N–H and O–H groups in total. The van der Waals surface area contributed by atoms with Crippen molar-refractivity contribution in [3.63, 3.8) is 0 Å². The maximum absolute atomic E-state index is 12.4. The number of H-pyrrole nitrogens is 1. The Kier molecular flexibility index (Phi) is 4.74. The molecule has 3 rings (SSSR count). The van der Waals surface area contributed by atoms with Crippen molar-refractivity contribution in [3.8, 4) is 11.5 Å². The average molecular weight is 329 g/mol. The van der Waals surface area contributed by atoms with Gasteiger partial charge in [-0.1, -0.05) is 19.1 Å². The van der Waals surface area contributed by atoms with Gasteiger partial charge in [-0.15, -0.1) is 0 Å². The predicted octanol–water partition coefficient (Wildman–Crippen LogP) is 2.29. The van der Waals surface area contributed by atoms with Crippen molar-refractivity contribution in [3.05, 3.63) is 40.7 Å². The number of aryl methyl sites for hydroxylation is 2. The summed E-state index contributed by atoms with van der Waals surface area (Å²) < 4.78 is 11.2. The van der Waals surface area contributed by atoms with E-state index >= 15 is 0 Å². The van der Waals surface area contributed by atoms with Gasteiger partial charge >= 0.3 is 0 Å². The summed E-state index contributed by atoms with van der Waals surface area (Å²) in [5.41, 5.74) is 4.03. The van der Waals surface area contributed by atoms with Crippen LogP contribution in [0.15, 0.2) is 18.2 Å². The van der Waals surface area contributed by atoms with Crippen LogP contribution in [0.3, 0.4) is 0 Å². The summed E-state index contributed by atoms with van der Waals surface area (Å²) in [7, 11) is 0. The topological polar surface area (TPSA) is 76.2 Å². The summed E-state index contributed by atoms with van der Waals surface area (Å²) in [5, 5.41) is 10.1. The summed E-state index contributed by atoms with van der Waals surface area (Å²) in [6.45, 7) is 7.39. The molecular weight excluding hydrogens is 306 g/mol. The minimum atomic E-state index is -0.128. The van der Waals surface area contributed by atoms with Crippen LogP contribution < -0.4 is 14.8 Å². The Morgan fingerprint density at radius 2 is 2.12 bits per heavy atom. The van der Waals surface area contributed by atoms with Crippen LogP contribution in [-0.2, 0) is 17.8 Å². The Balaban J connectivity index is 1.61. The van der Waals surface area contributed by atoms with E-state index in [4.69, 9.17) is 9.47 Å². The van der Waals surface area contributed by atoms with Gasteiger partial charge in [-0.2, -0.15) is 5.10 Å². The molecule has 1 atom stereocenters. The van der Waals surface area contributed by atoms with Crippen LogP contribution in [0.4, 0.5) is 0 Å². The highest BCUT2D eigenvalue weighted by atomic mass is 16.6. The molecule has 0 bridgehead atoms. The standard InChI is InChI=1S/C18H23N3O3/c1-11(9-15-12(2)20-21-13(15)3)18(22)19-10-14-5-4-6-16-17(14)24-8-7-23-16/h4-6,11H,7-10H2,1-3H3,(H,19,22)(H,20,21)/t11-/m1/s1. The van der Waals surface area contributed by atoms with Crippen molar-refractivity contribution in [2.75, 3.05) is 13.2 Å². The van der Waals surface area contributed by atoms with E-state index in [2.05, 4.69) is 15.5 Å². The Labute approximate surface area is 141 Å². The lowest BCUT2D eigenvalue weighted by atomic mass is 9.99. The first-order valence-corrected chi connectivity index (χ1v) is 8.22. The molecule has 0 unspecified atom stereocenters. The third-order valence-electron chi connectivity index (χ3n) is 4.34. The number of benzene rings is 1. The van der Waals surface area contributed by atoms with Gasteiger partial charge in [0.25, 0.3) is 0 Å². The molecule has 0 saturated heterocycles. The minimum Gasteiger partial charge on any atom is -0.486 e. The predicted molar refractivity (Wildman–Crippen MR) is 90.2 cm³/mol. The van der Waals surface area contributed by atoms with E-state index in [0.29, 0.717) is 26.2 Å². The van der Waals surface area contributed by atoms with Crippen molar-refractivity contribution in [2.24, 2.45) is 5.92 Å². The molecule has 2 heterocycles. The summed E-state index contributed by atoms with van der Waals surface area (Å²) in [6.07, 6.45) is 0.673. The third-order valence-corrected chi connectivity index (χ3v) is 4.34. The van der Waals surface area contributed by atoms with Gasteiger partial charge in [-0.25, -0.2) is 0 Å². The van der Waals surface area contributed by atoms with Crippen LogP contribution in [0.2, 0.25) is 0 Å². The number of hydrogen-bond donors (Lipinski definition) is 2. The van der Waals surface area contributed by atoms with Crippen LogP contribution in [0.25, 0.3) is 0 Å². The van der Waals surface area contributed by atoms with Gasteiger partial charge in [0.15, 0.2) is 11.5 Å². The molecule has 24 heavy (non-hydrogen) atoms. The van der Waals surface area contributed by atoms with Crippen LogP contribution in [0.1, 0.15) is 29.4 Å². The maximum atomic E-state index is 12.4. The SMILES string of the molecule is Cc1n[nH]c(C)c1C[C@@H](C)C(=O)NCc1cccc2c1OCCO2. The normalized spacial score (nSPS) is 14.3.